The first-order valence-corrected chi connectivity index (χ1v) is 9.72. The van der Waals surface area contributed by atoms with Gasteiger partial charge < -0.3 is 14.6 Å². The molecule has 3 rings (SSSR count). The van der Waals surface area contributed by atoms with Gasteiger partial charge in [-0.3, -0.25) is 0 Å². The molecule has 0 spiro atoms. The number of esters is 1. The zero-order chi connectivity index (χ0) is 21.7. The lowest BCUT2D eigenvalue weighted by Gasteiger charge is -2.08. The number of aromatic nitrogens is 4. The van der Waals surface area contributed by atoms with Crippen molar-refractivity contribution in [3.63, 3.8) is 0 Å². The Morgan fingerprint density at radius 2 is 2.03 bits per heavy atom. The van der Waals surface area contributed by atoms with Gasteiger partial charge in [-0.05, 0) is 36.2 Å². The lowest BCUT2D eigenvalue weighted by Crippen LogP contribution is -2.22. The molecule has 3 aromatic rings. The topological polar surface area (TPSA) is 81.9 Å². The van der Waals surface area contributed by atoms with Crippen LogP contribution in [0.25, 0.3) is 11.4 Å². The minimum Gasteiger partial charge on any atom is -0.460 e. The maximum atomic E-state index is 13.3. The largest absolute Gasteiger partial charge is 0.460 e. The molecule has 0 aliphatic rings. The average Bonchev–Trinajstić information content (AvgIpc) is 3.14. The summed E-state index contributed by atoms with van der Waals surface area (Å²) in [5.74, 6) is -2.32. The fraction of sp³-hybridized carbons (Fsp3) is 0.263. The molecule has 0 aliphatic carbocycles. The fourth-order valence-corrected chi connectivity index (χ4v) is 2.99. The van der Waals surface area contributed by atoms with Crippen molar-refractivity contribution in [3.8, 4) is 11.4 Å². The van der Waals surface area contributed by atoms with Crippen LogP contribution in [-0.2, 0) is 17.8 Å². The lowest BCUT2D eigenvalue weighted by molar-refractivity contribution is 0.0506. The van der Waals surface area contributed by atoms with Crippen LogP contribution < -0.4 is 5.32 Å². The van der Waals surface area contributed by atoms with Gasteiger partial charge in [0.05, 0.1) is 17.8 Å². The molecule has 0 unspecified atom stereocenters. The molecule has 1 N–H and O–H groups in total. The second-order valence-corrected chi connectivity index (χ2v) is 6.87. The highest BCUT2D eigenvalue weighted by Gasteiger charge is 2.20. The van der Waals surface area contributed by atoms with Crippen molar-refractivity contribution in [2.75, 3.05) is 13.2 Å². The van der Waals surface area contributed by atoms with Crippen LogP contribution in [0.2, 0.25) is 10.3 Å². The van der Waals surface area contributed by atoms with Crippen molar-refractivity contribution < 1.29 is 18.3 Å². The van der Waals surface area contributed by atoms with Crippen LogP contribution in [0.3, 0.4) is 0 Å². The average molecular weight is 456 g/mol. The third kappa shape index (κ3) is 5.29. The smallest absolute Gasteiger partial charge is 0.374 e. The third-order valence-corrected chi connectivity index (χ3v) is 4.49. The Bertz CT molecular complexity index is 1060. The first-order valence-electron chi connectivity index (χ1n) is 8.96. The number of carbonyl (C=O) groups excluding carboxylic acids is 1. The molecule has 0 bridgehead atoms. The van der Waals surface area contributed by atoms with Gasteiger partial charge in [-0.1, -0.05) is 17.7 Å². The first kappa shape index (κ1) is 22.1. The molecule has 2 heterocycles. The summed E-state index contributed by atoms with van der Waals surface area (Å²) in [6.45, 7) is 2.97. The highest BCUT2D eigenvalue weighted by atomic mass is 35.5. The minimum atomic E-state index is -0.904. The van der Waals surface area contributed by atoms with Crippen LogP contribution in [0.5, 0.6) is 0 Å². The van der Waals surface area contributed by atoms with Crippen molar-refractivity contribution in [2.24, 2.45) is 0 Å². The maximum Gasteiger partial charge on any atom is 0.374 e. The highest BCUT2D eigenvalue weighted by molar-refractivity contribution is 6.33. The third-order valence-electron chi connectivity index (χ3n) is 4.03. The molecule has 30 heavy (non-hydrogen) atoms. The molecule has 0 radical (unpaired) electrons. The number of halogens is 4. The normalized spacial score (nSPS) is 11.0. The van der Waals surface area contributed by atoms with Gasteiger partial charge in [0.1, 0.15) is 11.4 Å². The lowest BCUT2D eigenvalue weighted by atomic mass is 10.2. The molecule has 11 heteroatoms. The zero-order valence-corrected chi connectivity index (χ0v) is 17.3. The minimum absolute atomic E-state index is 0.00479. The van der Waals surface area contributed by atoms with Crippen molar-refractivity contribution in [3.05, 3.63) is 63.9 Å². The summed E-state index contributed by atoms with van der Waals surface area (Å²) < 4.78 is 33.0. The van der Waals surface area contributed by atoms with E-state index < -0.39 is 17.6 Å². The van der Waals surface area contributed by atoms with Crippen LogP contribution >= 0.6 is 23.2 Å². The Morgan fingerprint density at radius 3 is 2.77 bits per heavy atom. The van der Waals surface area contributed by atoms with E-state index in [2.05, 4.69) is 20.3 Å². The molecule has 0 amide bonds. The number of hydrogen-bond acceptors (Lipinski definition) is 6. The number of ether oxygens (including phenoxy) is 1. The number of rotatable bonds is 8. The summed E-state index contributed by atoms with van der Waals surface area (Å²) in [5, 5.41) is 3.33. The van der Waals surface area contributed by atoms with Gasteiger partial charge in [0.15, 0.2) is 11.6 Å². The van der Waals surface area contributed by atoms with E-state index in [0.717, 1.165) is 12.1 Å². The fourth-order valence-electron chi connectivity index (χ4n) is 2.67. The maximum absolute atomic E-state index is 13.3. The van der Waals surface area contributed by atoms with Crippen LogP contribution in [0.4, 0.5) is 8.78 Å². The summed E-state index contributed by atoms with van der Waals surface area (Å²) in [6.07, 6.45) is 2.95. The number of imidazole rings is 1. The predicted molar refractivity (Wildman–Crippen MR) is 107 cm³/mol. The Morgan fingerprint density at radius 1 is 1.23 bits per heavy atom. The van der Waals surface area contributed by atoms with E-state index in [-0.39, 0.29) is 28.4 Å². The number of hydrogen-bond donors (Lipinski definition) is 1. The summed E-state index contributed by atoms with van der Waals surface area (Å²) in [5.41, 5.74) is 1.22. The zero-order valence-electron chi connectivity index (χ0n) is 15.8. The van der Waals surface area contributed by atoms with E-state index in [9.17, 15) is 13.6 Å². The van der Waals surface area contributed by atoms with E-state index in [0.29, 0.717) is 30.9 Å². The number of carbonyl (C=O) groups is 1. The Kier molecular flexibility index (Phi) is 7.30. The van der Waals surface area contributed by atoms with Gasteiger partial charge in [0, 0.05) is 25.8 Å². The van der Waals surface area contributed by atoms with Crippen molar-refractivity contribution in [1.29, 1.82) is 0 Å². The van der Waals surface area contributed by atoms with Gasteiger partial charge in [-0.2, -0.15) is 0 Å². The van der Waals surface area contributed by atoms with E-state index in [1.807, 2.05) is 0 Å². The number of benzene rings is 1. The van der Waals surface area contributed by atoms with Crippen molar-refractivity contribution >= 4 is 29.2 Å². The molecule has 0 atom stereocenters. The molecular formula is C19H17Cl2F2N5O2. The van der Waals surface area contributed by atoms with Gasteiger partial charge in [-0.15, -0.1) is 0 Å². The van der Waals surface area contributed by atoms with Crippen LogP contribution in [0, 0.1) is 11.6 Å². The second-order valence-electron chi connectivity index (χ2n) is 6.12. The standard InChI is InChI=1S/C19H17Cl2F2N5O2/c1-2-30-18(29)17-26-15(16-12(20)9-25-19(21)27-16)10-28(17)6-5-24-8-11-3-4-13(22)14(23)7-11/h3-4,7,9-10,24H,2,5-6,8H2,1H3. The van der Waals surface area contributed by atoms with Crippen LogP contribution in [0.1, 0.15) is 23.1 Å². The van der Waals surface area contributed by atoms with E-state index in [4.69, 9.17) is 27.9 Å². The monoisotopic (exact) mass is 455 g/mol. The van der Waals surface area contributed by atoms with Crippen molar-refractivity contribution in [1.82, 2.24) is 24.8 Å². The molecule has 2 aromatic heterocycles. The summed E-state index contributed by atoms with van der Waals surface area (Å²) in [7, 11) is 0. The van der Waals surface area contributed by atoms with E-state index >= 15 is 0 Å². The van der Waals surface area contributed by atoms with E-state index in [1.165, 1.54) is 12.3 Å². The molecule has 7 nitrogen and oxygen atoms in total. The predicted octanol–water partition coefficient (Wildman–Crippen LogP) is 3.89. The molecule has 158 valence electrons. The number of nitrogens with one attached hydrogen (secondary N) is 1. The Hall–Kier alpha value is -2.62. The van der Waals surface area contributed by atoms with Gasteiger partial charge in [0.2, 0.25) is 11.1 Å². The summed E-state index contributed by atoms with van der Waals surface area (Å²) in [4.78, 5) is 24.4. The molecule has 0 aliphatic heterocycles. The number of nitrogens with zero attached hydrogens (tertiary/aromatic N) is 4. The van der Waals surface area contributed by atoms with Crippen molar-refractivity contribution in [2.45, 2.75) is 20.0 Å². The molecule has 1 aromatic carbocycles. The first-order chi connectivity index (χ1) is 14.4. The van der Waals surface area contributed by atoms with Gasteiger partial charge in [-0.25, -0.2) is 28.5 Å². The Balaban J connectivity index is 1.75. The molecular weight excluding hydrogens is 439 g/mol. The van der Waals surface area contributed by atoms with Gasteiger partial charge in [0.25, 0.3) is 0 Å². The van der Waals surface area contributed by atoms with Crippen LogP contribution in [-0.4, -0.2) is 38.6 Å². The Labute approximate surface area is 181 Å². The van der Waals surface area contributed by atoms with E-state index in [1.54, 1.807) is 17.7 Å². The summed E-state index contributed by atoms with van der Waals surface area (Å²) >= 11 is 12.0. The molecule has 0 fully saturated rings. The van der Waals surface area contributed by atoms with Crippen LogP contribution in [0.15, 0.2) is 30.6 Å². The molecule has 0 saturated heterocycles. The highest BCUT2D eigenvalue weighted by Crippen LogP contribution is 2.26. The quantitative estimate of drug-likeness (QED) is 0.315. The SMILES string of the molecule is CCOC(=O)c1nc(-c2nc(Cl)ncc2Cl)cn1CCNCc1ccc(F)c(F)c1. The molecule has 0 saturated carbocycles. The second kappa shape index (κ2) is 9.92. The summed E-state index contributed by atoms with van der Waals surface area (Å²) in [6, 6.07) is 3.69. The van der Waals surface area contributed by atoms with Gasteiger partial charge >= 0.3 is 5.97 Å².